The average Bonchev–Trinajstić information content (AvgIpc) is 3.24. The van der Waals surface area contributed by atoms with Gasteiger partial charge in [0.05, 0.1) is 18.9 Å². The van der Waals surface area contributed by atoms with Crippen LogP contribution < -0.4 is 16.0 Å². The first-order chi connectivity index (χ1) is 15.8. The first kappa shape index (κ1) is 24.7. The monoisotopic (exact) mass is 486 g/mol. The van der Waals surface area contributed by atoms with Gasteiger partial charge in [-0.05, 0) is 78.4 Å². The third-order valence-corrected chi connectivity index (χ3v) is 6.51. The van der Waals surface area contributed by atoms with Crippen molar-refractivity contribution >= 4 is 51.6 Å². The molecular weight excluding hydrogens is 460 g/mol. The van der Waals surface area contributed by atoms with Gasteiger partial charge in [-0.2, -0.15) is 0 Å². The molecule has 33 heavy (non-hydrogen) atoms. The number of hydrogen-bond acceptors (Lipinski definition) is 7. The van der Waals surface area contributed by atoms with Crippen molar-refractivity contribution in [1.82, 2.24) is 0 Å². The van der Waals surface area contributed by atoms with Crippen molar-refractivity contribution in [1.29, 1.82) is 0 Å². The minimum atomic E-state index is -0.148. The molecular formula is C24H27ClN4O3S. The normalized spacial score (nSPS) is 13.2. The fourth-order valence-electron chi connectivity index (χ4n) is 3.82. The van der Waals surface area contributed by atoms with Crippen LogP contribution in [0.3, 0.4) is 0 Å². The molecule has 3 aromatic rings. The molecule has 2 heterocycles. The molecule has 174 valence electrons. The zero-order valence-electron chi connectivity index (χ0n) is 18.9. The van der Waals surface area contributed by atoms with Gasteiger partial charge in [0.15, 0.2) is 0 Å². The Morgan fingerprint density at radius 2 is 1.79 bits per heavy atom. The van der Waals surface area contributed by atoms with Crippen LogP contribution in [0.15, 0.2) is 47.0 Å². The van der Waals surface area contributed by atoms with Crippen LogP contribution in [0.5, 0.6) is 0 Å². The van der Waals surface area contributed by atoms with Crippen LogP contribution in [0.1, 0.15) is 26.4 Å². The number of hydrogen-bond donors (Lipinski definition) is 2. The average molecular weight is 487 g/mol. The van der Waals surface area contributed by atoms with Crippen LogP contribution in [0, 0.1) is 25.7 Å². The molecule has 1 aliphatic rings. The van der Waals surface area contributed by atoms with Gasteiger partial charge >= 0.3 is 0 Å². The Labute approximate surface area is 202 Å². The highest BCUT2D eigenvalue weighted by molar-refractivity contribution is 7.12. The number of carbonyl (C=O) groups excluding carboxylic acids is 1. The second-order valence-electron chi connectivity index (χ2n) is 7.69. The molecule has 0 atom stereocenters. The Balaban J connectivity index is 0.000000286. The number of aryl methyl sites for hydroxylation is 2. The lowest BCUT2D eigenvalue weighted by Gasteiger charge is -2.32. The molecule has 0 bridgehead atoms. The summed E-state index contributed by atoms with van der Waals surface area (Å²) in [6.45, 7) is 9.43. The molecule has 1 amide bonds. The van der Waals surface area contributed by atoms with Crippen molar-refractivity contribution in [3.63, 3.8) is 0 Å². The van der Waals surface area contributed by atoms with Gasteiger partial charge in [0.1, 0.15) is 10.6 Å². The van der Waals surface area contributed by atoms with Gasteiger partial charge in [0, 0.05) is 29.5 Å². The van der Waals surface area contributed by atoms with E-state index in [2.05, 4.69) is 35.3 Å². The molecule has 9 heteroatoms. The maximum atomic E-state index is 12.6. The summed E-state index contributed by atoms with van der Waals surface area (Å²) in [5.41, 5.74) is 12.2. The number of nitroso groups, excluding NO2 is 1. The second kappa shape index (κ2) is 11.3. The number of nitrogens with zero attached hydrogens (tertiary/aromatic N) is 2. The number of thiophene rings is 1. The van der Waals surface area contributed by atoms with E-state index in [1.165, 1.54) is 22.6 Å². The van der Waals surface area contributed by atoms with Crippen molar-refractivity contribution in [2.75, 3.05) is 42.3 Å². The Kier molecular flexibility index (Phi) is 8.43. The highest BCUT2D eigenvalue weighted by Crippen LogP contribution is 2.35. The van der Waals surface area contributed by atoms with Crippen molar-refractivity contribution in [3.8, 4) is 0 Å². The fraction of sp³-hybridized carbons (Fsp3) is 0.292. The second-order valence-corrected chi connectivity index (χ2v) is 9.04. The number of rotatable bonds is 4. The SMILES string of the molecule is Cc1cc(C)c(N2CCOCC2)c(C)c1NC(=O)c1sccc1N.O=Nc1ccc(Cl)cc1. The lowest BCUT2D eigenvalue weighted by Crippen LogP contribution is -2.37. The maximum absolute atomic E-state index is 12.6. The molecule has 0 unspecified atom stereocenters. The van der Waals surface area contributed by atoms with Crippen LogP contribution >= 0.6 is 22.9 Å². The maximum Gasteiger partial charge on any atom is 0.267 e. The number of anilines is 3. The molecule has 1 aromatic heterocycles. The van der Waals surface area contributed by atoms with Crippen molar-refractivity contribution < 1.29 is 9.53 Å². The number of morpholine rings is 1. The third-order valence-electron chi connectivity index (χ3n) is 5.33. The quantitative estimate of drug-likeness (QED) is 0.435. The zero-order valence-corrected chi connectivity index (χ0v) is 20.4. The van der Waals surface area contributed by atoms with E-state index in [0.717, 1.165) is 43.1 Å². The summed E-state index contributed by atoms with van der Waals surface area (Å²) >= 11 is 6.88. The minimum absolute atomic E-state index is 0.148. The molecule has 4 rings (SSSR count). The largest absolute Gasteiger partial charge is 0.397 e. The van der Waals surface area contributed by atoms with Gasteiger partial charge in [-0.1, -0.05) is 17.7 Å². The van der Waals surface area contributed by atoms with Crippen molar-refractivity contribution in [2.45, 2.75) is 20.8 Å². The molecule has 0 spiro atoms. The number of amides is 1. The van der Waals surface area contributed by atoms with Gasteiger partial charge < -0.3 is 20.7 Å². The standard InChI is InChI=1S/C18H23N3O2S.C6H4ClNO/c1-11-10-12(2)16(21-5-7-23-8-6-21)13(3)15(11)20-18(22)17-14(19)4-9-24-17;7-5-1-3-6(8-9)4-2-5/h4,9-10H,5-8,19H2,1-3H3,(H,20,22);1-4H. The van der Waals surface area contributed by atoms with E-state index in [4.69, 9.17) is 22.1 Å². The Bertz CT molecular complexity index is 1130. The van der Waals surface area contributed by atoms with Crippen molar-refractivity contribution in [3.05, 3.63) is 73.3 Å². The topological polar surface area (TPSA) is 97.0 Å². The van der Waals surface area contributed by atoms with Gasteiger partial charge in [-0.3, -0.25) is 4.79 Å². The molecule has 1 fully saturated rings. The number of nitrogen functional groups attached to an aromatic ring is 1. The highest BCUT2D eigenvalue weighted by Gasteiger charge is 2.21. The van der Waals surface area contributed by atoms with Gasteiger partial charge in [-0.25, -0.2) is 0 Å². The van der Waals surface area contributed by atoms with E-state index >= 15 is 0 Å². The molecule has 2 aromatic carbocycles. The summed E-state index contributed by atoms with van der Waals surface area (Å²) in [6, 6.07) is 10.3. The molecule has 7 nitrogen and oxygen atoms in total. The van der Waals surface area contributed by atoms with Crippen LogP contribution in [-0.2, 0) is 4.74 Å². The number of ether oxygens (including phenoxy) is 1. The smallest absolute Gasteiger partial charge is 0.267 e. The third kappa shape index (κ3) is 6.10. The van der Waals surface area contributed by atoms with E-state index in [1.54, 1.807) is 30.3 Å². The molecule has 1 saturated heterocycles. The van der Waals surface area contributed by atoms with Gasteiger partial charge in [0.25, 0.3) is 5.91 Å². The zero-order chi connectivity index (χ0) is 24.0. The summed E-state index contributed by atoms with van der Waals surface area (Å²) in [5, 5.41) is 8.21. The number of halogens is 1. The lowest BCUT2D eigenvalue weighted by molar-refractivity contribution is 0.103. The summed E-state index contributed by atoms with van der Waals surface area (Å²) in [6.07, 6.45) is 0. The molecule has 0 aliphatic carbocycles. The van der Waals surface area contributed by atoms with E-state index in [-0.39, 0.29) is 5.91 Å². The van der Waals surface area contributed by atoms with E-state index in [0.29, 0.717) is 21.3 Å². The van der Waals surface area contributed by atoms with Crippen LogP contribution in [0.2, 0.25) is 5.02 Å². The first-order valence-corrected chi connectivity index (χ1v) is 11.7. The highest BCUT2D eigenvalue weighted by atomic mass is 35.5. The predicted molar refractivity (Wildman–Crippen MR) is 137 cm³/mol. The van der Waals surface area contributed by atoms with Crippen LogP contribution in [0.25, 0.3) is 0 Å². The van der Waals surface area contributed by atoms with E-state index < -0.39 is 0 Å². The van der Waals surface area contributed by atoms with Crippen LogP contribution in [0.4, 0.5) is 22.7 Å². The molecule has 1 aliphatic heterocycles. The Hall–Kier alpha value is -2.94. The molecule has 3 N–H and O–H groups in total. The van der Waals surface area contributed by atoms with Gasteiger partial charge in [0.2, 0.25) is 0 Å². The first-order valence-electron chi connectivity index (χ1n) is 10.5. The van der Waals surface area contributed by atoms with Crippen molar-refractivity contribution in [2.24, 2.45) is 5.18 Å². The van der Waals surface area contributed by atoms with Gasteiger partial charge in [-0.15, -0.1) is 16.2 Å². The predicted octanol–water partition coefficient (Wildman–Crippen LogP) is 6.08. The summed E-state index contributed by atoms with van der Waals surface area (Å²) in [5.74, 6) is -0.148. The summed E-state index contributed by atoms with van der Waals surface area (Å²) in [4.78, 5) is 25.3. The minimum Gasteiger partial charge on any atom is -0.397 e. The molecule has 0 saturated carbocycles. The van der Waals surface area contributed by atoms with Crippen LogP contribution in [-0.4, -0.2) is 32.2 Å². The summed E-state index contributed by atoms with van der Waals surface area (Å²) < 4.78 is 5.46. The van der Waals surface area contributed by atoms with E-state index in [1.807, 2.05) is 12.3 Å². The number of carbonyl (C=O) groups is 1. The Morgan fingerprint density at radius 3 is 2.36 bits per heavy atom. The molecule has 0 radical (unpaired) electrons. The number of nitrogens with one attached hydrogen (secondary N) is 1. The fourth-order valence-corrected chi connectivity index (χ4v) is 4.66. The number of nitrogens with two attached hydrogens (primary N) is 1. The summed E-state index contributed by atoms with van der Waals surface area (Å²) in [7, 11) is 0. The Morgan fingerprint density at radius 1 is 1.12 bits per heavy atom. The number of benzene rings is 2. The lowest BCUT2D eigenvalue weighted by atomic mass is 10.0. The van der Waals surface area contributed by atoms with E-state index in [9.17, 15) is 9.70 Å².